The summed E-state index contributed by atoms with van der Waals surface area (Å²) in [6, 6.07) is 9.32. The molecule has 1 heterocycles. The molecule has 1 aromatic heterocycles. The van der Waals surface area contributed by atoms with Gasteiger partial charge in [-0.25, -0.2) is 0 Å². The number of hydrogen-bond acceptors (Lipinski definition) is 3. The molecule has 4 heteroatoms. The third-order valence-corrected chi connectivity index (χ3v) is 3.09. The first-order valence-electron chi connectivity index (χ1n) is 4.89. The van der Waals surface area contributed by atoms with E-state index in [1.165, 1.54) is 0 Å². The van der Waals surface area contributed by atoms with Crippen LogP contribution >= 0.6 is 11.8 Å². The van der Waals surface area contributed by atoms with Gasteiger partial charge in [-0.1, -0.05) is 12.1 Å². The molecule has 2 aromatic rings. The topological polar surface area (TPSA) is 34.9 Å². The van der Waals surface area contributed by atoms with Gasteiger partial charge >= 0.3 is 0 Å². The highest BCUT2D eigenvalue weighted by Crippen LogP contribution is 2.21. The van der Waals surface area contributed by atoms with Crippen molar-refractivity contribution in [2.45, 2.75) is 4.90 Å². The number of nitrogens with zero attached hydrogens (tertiary/aromatic N) is 2. The molecule has 0 bridgehead atoms. The summed E-state index contributed by atoms with van der Waals surface area (Å²) >= 11 is 1.57. The molecule has 0 radical (unpaired) electrons. The van der Waals surface area contributed by atoms with Gasteiger partial charge in [0, 0.05) is 23.7 Å². The molecular formula is C12H12N2OS. The second kappa shape index (κ2) is 4.53. The molecule has 0 unspecified atom stereocenters. The third kappa shape index (κ3) is 2.02. The molecule has 2 rings (SSSR count). The summed E-state index contributed by atoms with van der Waals surface area (Å²) in [4.78, 5) is 13.1. The molecule has 3 nitrogen and oxygen atoms in total. The first kappa shape index (κ1) is 11.0. The average molecular weight is 232 g/mol. The lowest BCUT2D eigenvalue weighted by Crippen LogP contribution is -2.04. The largest absolute Gasteiger partial charge is 0.287 e. The molecule has 0 N–H and O–H groups in total. The Labute approximate surface area is 98.5 Å². The smallest absolute Gasteiger partial charge is 0.214 e. The molecule has 0 aliphatic heterocycles. The van der Waals surface area contributed by atoms with Gasteiger partial charge in [0.1, 0.15) is 5.69 Å². The molecule has 0 amide bonds. The van der Waals surface area contributed by atoms with Crippen LogP contribution in [-0.4, -0.2) is 21.8 Å². The number of benzene rings is 1. The van der Waals surface area contributed by atoms with E-state index in [9.17, 15) is 4.79 Å². The van der Waals surface area contributed by atoms with Crippen LogP contribution in [0.2, 0.25) is 0 Å². The van der Waals surface area contributed by atoms with E-state index in [-0.39, 0.29) is 5.78 Å². The number of carbonyl (C=O) groups excluding carboxylic acids is 1. The van der Waals surface area contributed by atoms with Crippen LogP contribution in [0.25, 0.3) is 0 Å². The number of ketones is 1. The third-order valence-electron chi connectivity index (χ3n) is 2.30. The number of aryl methyl sites for hydroxylation is 1. The van der Waals surface area contributed by atoms with Crippen molar-refractivity contribution in [2.24, 2.45) is 7.05 Å². The van der Waals surface area contributed by atoms with Crippen LogP contribution in [0.3, 0.4) is 0 Å². The summed E-state index contributed by atoms with van der Waals surface area (Å²) in [5, 5.41) is 4.12. The SMILES string of the molecule is CSc1ccccc1C(=O)c1ccn(C)n1. The van der Waals surface area contributed by atoms with Crippen molar-refractivity contribution in [1.82, 2.24) is 9.78 Å². The van der Waals surface area contributed by atoms with Gasteiger partial charge in [-0.15, -0.1) is 11.8 Å². The average Bonchev–Trinajstić information content (AvgIpc) is 2.75. The van der Waals surface area contributed by atoms with E-state index < -0.39 is 0 Å². The first-order chi connectivity index (χ1) is 7.72. The van der Waals surface area contributed by atoms with Crippen LogP contribution < -0.4 is 0 Å². The predicted octanol–water partition coefficient (Wildman–Crippen LogP) is 2.37. The van der Waals surface area contributed by atoms with Crippen molar-refractivity contribution in [3.63, 3.8) is 0 Å². The number of thioether (sulfide) groups is 1. The lowest BCUT2D eigenvalue weighted by Gasteiger charge is -2.03. The Morgan fingerprint density at radius 1 is 1.31 bits per heavy atom. The fourth-order valence-corrected chi connectivity index (χ4v) is 2.10. The molecule has 1 aromatic carbocycles. The summed E-state index contributed by atoms with van der Waals surface area (Å²) in [6.45, 7) is 0. The summed E-state index contributed by atoms with van der Waals surface area (Å²) in [6.07, 6.45) is 3.74. The highest BCUT2D eigenvalue weighted by Gasteiger charge is 2.14. The fraction of sp³-hybridized carbons (Fsp3) is 0.167. The van der Waals surface area contributed by atoms with E-state index in [4.69, 9.17) is 0 Å². The lowest BCUT2D eigenvalue weighted by atomic mass is 10.1. The highest BCUT2D eigenvalue weighted by molar-refractivity contribution is 7.98. The van der Waals surface area contributed by atoms with Gasteiger partial charge in [0.05, 0.1) is 0 Å². The van der Waals surface area contributed by atoms with Crippen LogP contribution in [0.4, 0.5) is 0 Å². The van der Waals surface area contributed by atoms with E-state index in [1.54, 1.807) is 35.8 Å². The molecule has 0 fully saturated rings. The number of carbonyl (C=O) groups is 1. The molecule has 0 saturated carbocycles. The second-order valence-electron chi connectivity index (χ2n) is 3.40. The zero-order valence-corrected chi connectivity index (χ0v) is 9.99. The molecule has 0 spiro atoms. The number of aromatic nitrogens is 2. The van der Waals surface area contributed by atoms with Gasteiger partial charge < -0.3 is 0 Å². The predicted molar refractivity (Wildman–Crippen MR) is 64.9 cm³/mol. The van der Waals surface area contributed by atoms with Crippen LogP contribution in [0, 0.1) is 0 Å². The minimum Gasteiger partial charge on any atom is -0.287 e. The van der Waals surface area contributed by atoms with Gasteiger partial charge in [0.25, 0.3) is 0 Å². The van der Waals surface area contributed by atoms with E-state index >= 15 is 0 Å². The monoisotopic (exact) mass is 232 g/mol. The van der Waals surface area contributed by atoms with Crippen LogP contribution in [0.1, 0.15) is 16.1 Å². The molecule has 16 heavy (non-hydrogen) atoms. The molecule has 0 atom stereocenters. The maximum absolute atomic E-state index is 12.2. The molecular weight excluding hydrogens is 220 g/mol. The maximum atomic E-state index is 12.2. The van der Waals surface area contributed by atoms with Crippen molar-refractivity contribution in [1.29, 1.82) is 0 Å². The minimum absolute atomic E-state index is 0.0226. The van der Waals surface area contributed by atoms with Gasteiger partial charge in [-0.3, -0.25) is 9.48 Å². The van der Waals surface area contributed by atoms with Crippen molar-refractivity contribution >= 4 is 17.5 Å². The Balaban J connectivity index is 2.41. The maximum Gasteiger partial charge on any atom is 0.214 e. The molecule has 0 saturated heterocycles. The normalized spacial score (nSPS) is 10.4. The van der Waals surface area contributed by atoms with Crippen molar-refractivity contribution in [3.05, 3.63) is 47.8 Å². The summed E-state index contributed by atoms with van der Waals surface area (Å²) in [7, 11) is 1.80. The summed E-state index contributed by atoms with van der Waals surface area (Å²) in [5.41, 5.74) is 1.21. The number of rotatable bonds is 3. The Hall–Kier alpha value is -1.55. The molecule has 82 valence electrons. The van der Waals surface area contributed by atoms with Crippen LogP contribution in [0.5, 0.6) is 0 Å². The Morgan fingerprint density at radius 3 is 2.69 bits per heavy atom. The van der Waals surface area contributed by atoms with Gasteiger partial charge in [0.15, 0.2) is 0 Å². The van der Waals surface area contributed by atoms with E-state index in [0.717, 1.165) is 4.90 Å². The van der Waals surface area contributed by atoms with Crippen LogP contribution in [0.15, 0.2) is 41.4 Å². The van der Waals surface area contributed by atoms with Gasteiger partial charge in [-0.05, 0) is 24.5 Å². The lowest BCUT2D eigenvalue weighted by molar-refractivity contribution is 0.103. The minimum atomic E-state index is -0.0226. The van der Waals surface area contributed by atoms with E-state index in [1.807, 2.05) is 30.5 Å². The highest BCUT2D eigenvalue weighted by atomic mass is 32.2. The first-order valence-corrected chi connectivity index (χ1v) is 6.12. The Kier molecular flexibility index (Phi) is 3.10. The van der Waals surface area contributed by atoms with Gasteiger partial charge in [-0.2, -0.15) is 5.10 Å². The fourth-order valence-electron chi connectivity index (χ4n) is 1.51. The summed E-state index contributed by atoms with van der Waals surface area (Å²) in [5.74, 6) is -0.0226. The molecule has 0 aliphatic rings. The van der Waals surface area contributed by atoms with Gasteiger partial charge in [0.2, 0.25) is 5.78 Å². The summed E-state index contributed by atoms with van der Waals surface area (Å²) < 4.78 is 1.63. The zero-order valence-electron chi connectivity index (χ0n) is 9.18. The molecule has 0 aliphatic carbocycles. The van der Waals surface area contributed by atoms with E-state index in [0.29, 0.717) is 11.3 Å². The Morgan fingerprint density at radius 2 is 2.06 bits per heavy atom. The van der Waals surface area contributed by atoms with Crippen LogP contribution in [-0.2, 0) is 7.05 Å². The zero-order chi connectivity index (χ0) is 11.5. The quantitative estimate of drug-likeness (QED) is 0.602. The van der Waals surface area contributed by atoms with Crippen molar-refractivity contribution < 1.29 is 4.79 Å². The standard InChI is InChI=1S/C12H12N2OS/c1-14-8-7-10(13-14)12(15)9-5-3-4-6-11(9)16-2/h3-8H,1-2H3. The second-order valence-corrected chi connectivity index (χ2v) is 4.25. The van der Waals surface area contributed by atoms with Crippen molar-refractivity contribution in [3.8, 4) is 0 Å². The van der Waals surface area contributed by atoms with E-state index in [2.05, 4.69) is 5.10 Å². The van der Waals surface area contributed by atoms with Crippen molar-refractivity contribution in [2.75, 3.05) is 6.26 Å². The Bertz CT molecular complexity index is 519. The number of hydrogen-bond donors (Lipinski definition) is 0.